The molecule has 5 nitrogen and oxygen atoms in total. The molecule has 1 N–H and O–H groups in total. The molecule has 0 spiro atoms. The molecule has 138 valence electrons. The molecule has 2 aromatic carbocycles. The minimum absolute atomic E-state index is 0.116. The molecule has 5 heteroatoms. The number of carbonyl (C=O) groups excluding carboxylic acids is 1. The quantitative estimate of drug-likeness (QED) is 0.676. The molecule has 0 unspecified atom stereocenters. The van der Waals surface area contributed by atoms with Crippen LogP contribution in [0.3, 0.4) is 0 Å². The highest BCUT2D eigenvalue weighted by Gasteiger charge is 2.16. The van der Waals surface area contributed by atoms with E-state index in [1.165, 1.54) is 11.8 Å². The fraction of sp³-hybridized carbons (Fsp3) is 0.227. The van der Waals surface area contributed by atoms with Gasteiger partial charge in [-0.2, -0.15) is 0 Å². The van der Waals surface area contributed by atoms with E-state index in [0.717, 1.165) is 17.7 Å². The van der Waals surface area contributed by atoms with E-state index in [2.05, 4.69) is 28.3 Å². The number of aromatic nitrogens is 2. The molecule has 0 aliphatic rings. The van der Waals surface area contributed by atoms with Gasteiger partial charge in [0.15, 0.2) is 0 Å². The van der Waals surface area contributed by atoms with Crippen molar-refractivity contribution in [1.29, 1.82) is 0 Å². The second kappa shape index (κ2) is 8.94. The van der Waals surface area contributed by atoms with Gasteiger partial charge in [0.05, 0.1) is 12.4 Å². The van der Waals surface area contributed by atoms with E-state index in [1.807, 2.05) is 55.5 Å². The van der Waals surface area contributed by atoms with E-state index in [4.69, 9.17) is 0 Å². The number of nitrogens with zero attached hydrogens (tertiary/aromatic N) is 3. The largest absolute Gasteiger partial charge is 0.339 e. The van der Waals surface area contributed by atoms with Gasteiger partial charge in [-0.05, 0) is 30.5 Å². The molecule has 0 aliphatic carbocycles. The molecule has 3 rings (SSSR count). The van der Waals surface area contributed by atoms with Gasteiger partial charge in [-0.15, -0.1) is 0 Å². The molecule has 1 heterocycles. The van der Waals surface area contributed by atoms with E-state index >= 15 is 0 Å². The molecular formula is C22H24N4O. The third-order valence-corrected chi connectivity index (χ3v) is 4.42. The van der Waals surface area contributed by atoms with Crippen molar-refractivity contribution in [2.24, 2.45) is 0 Å². The van der Waals surface area contributed by atoms with Gasteiger partial charge < -0.3 is 10.2 Å². The highest BCUT2D eigenvalue weighted by Crippen LogP contribution is 2.19. The molecule has 0 atom stereocenters. The van der Waals surface area contributed by atoms with E-state index in [1.54, 1.807) is 11.1 Å². The minimum atomic E-state index is -0.116. The Bertz CT molecular complexity index is 878. The van der Waals surface area contributed by atoms with Crippen LogP contribution >= 0.6 is 0 Å². The van der Waals surface area contributed by atoms with Gasteiger partial charge in [0.25, 0.3) is 5.91 Å². The summed E-state index contributed by atoms with van der Waals surface area (Å²) in [6.07, 6.45) is 4.07. The highest BCUT2D eigenvalue weighted by molar-refractivity contribution is 5.92. The first-order chi connectivity index (χ1) is 13.2. The van der Waals surface area contributed by atoms with Crippen LogP contribution in [-0.4, -0.2) is 27.3 Å². The first kappa shape index (κ1) is 18.6. The Morgan fingerprint density at radius 2 is 1.70 bits per heavy atom. The lowest BCUT2D eigenvalue weighted by Gasteiger charge is -2.20. The Balaban J connectivity index is 1.71. The molecule has 1 aromatic heterocycles. The number of hydrogen-bond donors (Lipinski definition) is 1. The van der Waals surface area contributed by atoms with Crippen molar-refractivity contribution in [2.45, 2.75) is 26.8 Å². The molecular weight excluding hydrogens is 336 g/mol. The number of rotatable bonds is 7. The van der Waals surface area contributed by atoms with Gasteiger partial charge in [-0.1, -0.05) is 55.5 Å². The zero-order chi connectivity index (χ0) is 19.1. The molecule has 0 radical (unpaired) electrons. The third-order valence-electron chi connectivity index (χ3n) is 4.42. The first-order valence-electron chi connectivity index (χ1n) is 9.21. The van der Waals surface area contributed by atoms with Crippen molar-refractivity contribution in [3.05, 3.63) is 83.8 Å². The van der Waals surface area contributed by atoms with Gasteiger partial charge in [-0.25, -0.2) is 9.97 Å². The van der Waals surface area contributed by atoms with Crippen molar-refractivity contribution in [3.8, 4) is 0 Å². The van der Waals surface area contributed by atoms with Gasteiger partial charge in [0.2, 0.25) is 0 Å². The van der Waals surface area contributed by atoms with E-state index in [9.17, 15) is 4.79 Å². The lowest BCUT2D eigenvalue weighted by atomic mass is 10.1. The fourth-order valence-corrected chi connectivity index (χ4v) is 2.88. The van der Waals surface area contributed by atoms with Gasteiger partial charge >= 0.3 is 0 Å². The molecule has 0 saturated heterocycles. The average Bonchev–Trinajstić information content (AvgIpc) is 2.73. The number of amides is 1. The summed E-state index contributed by atoms with van der Waals surface area (Å²) >= 11 is 0. The Labute approximate surface area is 160 Å². The Morgan fingerprint density at radius 3 is 2.37 bits per heavy atom. The Kier molecular flexibility index (Phi) is 6.15. The summed E-state index contributed by atoms with van der Waals surface area (Å²) in [5, 5.41) is 3.27. The van der Waals surface area contributed by atoms with Crippen molar-refractivity contribution in [2.75, 3.05) is 11.9 Å². The summed E-state index contributed by atoms with van der Waals surface area (Å²) in [4.78, 5) is 23.2. The lowest BCUT2D eigenvalue weighted by Crippen LogP contribution is -2.31. The zero-order valence-electron chi connectivity index (χ0n) is 15.7. The summed E-state index contributed by atoms with van der Waals surface area (Å²) in [7, 11) is 0. The molecule has 0 saturated carbocycles. The highest BCUT2D eigenvalue weighted by atomic mass is 16.2. The Hall–Kier alpha value is -3.21. The SMILES string of the molecule is CCc1ccccc1Nc1cnc(C(=O)N(CC)Cc2ccccc2)cn1. The van der Waals surface area contributed by atoms with Crippen LogP contribution in [0.2, 0.25) is 0 Å². The normalized spacial score (nSPS) is 10.4. The van der Waals surface area contributed by atoms with Crippen LogP contribution < -0.4 is 5.32 Å². The predicted molar refractivity (Wildman–Crippen MR) is 108 cm³/mol. The van der Waals surface area contributed by atoms with Crippen molar-refractivity contribution in [3.63, 3.8) is 0 Å². The van der Waals surface area contributed by atoms with Gasteiger partial charge in [0, 0.05) is 18.8 Å². The average molecular weight is 360 g/mol. The van der Waals surface area contributed by atoms with Crippen LogP contribution in [0.25, 0.3) is 0 Å². The van der Waals surface area contributed by atoms with Gasteiger partial charge in [-0.3, -0.25) is 4.79 Å². The minimum Gasteiger partial charge on any atom is -0.339 e. The van der Waals surface area contributed by atoms with Crippen LogP contribution in [0, 0.1) is 0 Å². The van der Waals surface area contributed by atoms with Crippen molar-refractivity contribution >= 4 is 17.4 Å². The number of para-hydroxylation sites is 1. The summed E-state index contributed by atoms with van der Waals surface area (Å²) in [6, 6.07) is 18.0. The topological polar surface area (TPSA) is 58.1 Å². The molecule has 3 aromatic rings. The maximum Gasteiger partial charge on any atom is 0.274 e. The van der Waals surface area contributed by atoms with Gasteiger partial charge in [0.1, 0.15) is 11.5 Å². The smallest absolute Gasteiger partial charge is 0.274 e. The van der Waals surface area contributed by atoms with Crippen LogP contribution in [0.1, 0.15) is 35.5 Å². The van der Waals surface area contributed by atoms with Crippen LogP contribution in [-0.2, 0) is 13.0 Å². The maximum atomic E-state index is 12.8. The fourth-order valence-electron chi connectivity index (χ4n) is 2.88. The van der Waals surface area contributed by atoms with Crippen LogP contribution in [0.15, 0.2) is 67.0 Å². The summed E-state index contributed by atoms with van der Waals surface area (Å²) < 4.78 is 0. The molecule has 0 fully saturated rings. The Morgan fingerprint density at radius 1 is 0.963 bits per heavy atom. The second-order valence-corrected chi connectivity index (χ2v) is 6.23. The van der Waals surface area contributed by atoms with Crippen molar-refractivity contribution < 1.29 is 4.79 Å². The number of aryl methyl sites for hydroxylation is 1. The molecule has 27 heavy (non-hydrogen) atoms. The maximum absolute atomic E-state index is 12.8. The van der Waals surface area contributed by atoms with Crippen LogP contribution in [0.5, 0.6) is 0 Å². The number of nitrogens with one attached hydrogen (secondary N) is 1. The number of benzene rings is 2. The van der Waals surface area contributed by atoms with Crippen LogP contribution in [0.4, 0.5) is 11.5 Å². The number of carbonyl (C=O) groups is 1. The lowest BCUT2D eigenvalue weighted by molar-refractivity contribution is 0.0746. The number of hydrogen-bond acceptors (Lipinski definition) is 4. The zero-order valence-corrected chi connectivity index (χ0v) is 15.7. The van der Waals surface area contributed by atoms with Crippen molar-refractivity contribution in [1.82, 2.24) is 14.9 Å². The summed E-state index contributed by atoms with van der Waals surface area (Å²) in [5.74, 6) is 0.507. The monoisotopic (exact) mass is 360 g/mol. The van der Waals surface area contributed by atoms with E-state index in [-0.39, 0.29) is 5.91 Å². The predicted octanol–water partition coefficient (Wildman–Crippen LogP) is 4.44. The summed E-state index contributed by atoms with van der Waals surface area (Å²) in [5.41, 5.74) is 3.66. The van der Waals surface area contributed by atoms with E-state index < -0.39 is 0 Å². The van der Waals surface area contributed by atoms with E-state index in [0.29, 0.717) is 24.6 Å². The molecule has 1 amide bonds. The number of anilines is 2. The third kappa shape index (κ3) is 4.70. The second-order valence-electron chi connectivity index (χ2n) is 6.23. The molecule has 0 aliphatic heterocycles. The molecule has 0 bridgehead atoms. The standard InChI is InChI=1S/C22H24N4O/c1-3-18-12-8-9-13-19(18)25-21-15-23-20(14-24-21)22(27)26(4-2)16-17-10-6-5-7-11-17/h5-15H,3-4,16H2,1-2H3,(H,24,25). The first-order valence-corrected chi connectivity index (χ1v) is 9.21. The summed E-state index contributed by atoms with van der Waals surface area (Å²) in [6.45, 7) is 5.24.